The van der Waals surface area contributed by atoms with Gasteiger partial charge in [0.05, 0.1) is 0 Å². The Morgan fingerprint density at radius 2 is 1.19 bits per heavy atom. The molecule has 63 heavy (non-hydrogen) atoms. The molecule has 4 heteroatoms. The largest absolute Gasteiger partial charge is 1.00 e. The van der Waals surface area contributed by atoms with Gasteiger partial charge in [0, 0.05) is 0 Å². The molecule has 0 nitrogen and oxygen atoms in total. The van der Waals surface area contributed by atoms with Crippen molar-refractivity contribution < 1.29 is 47.2 Å². The molecule has 0 amide bonds. The summed E-state index contributed by atoms with van der Waals surface area (Å²) in [4.78, 5) is 0. The molecule has 1 atom stereocenters. The van der Waals surface area contributed by atoms with E-state index in [4.69, 9.17) is 0 Å². The Hall–Kier alpha value is -4.30. The van der Waals surface area contributed by atoms with Gasteiger partial charge in [-0.15, -0.1) is 0 Å². The predicted molar refractivity (Wildman–Crippen MR) is 263 cm³/mol. The average molecular weight is 955 g/mol. The van der Waals surface area contributed by atoms with Crippen LogP contribution >= 0.6 is 0 Å². The van der Waals surface area contributed by atoms with E-state index in [1.807, 2.05) is 0 Å². The molecular formula is C59H56Cl2SiZr. The van der Waals surface area contributed by atoms with Gasteiger partial charge in [0.15, 0.2) is 0 Å². The first-order valence-electron chi connectivity index (χ1n) is 22.4. The molecule has 1 unspecified atom stereocenters. The summed E-state index contributed by atoms with van der Waals surface area (Å²) in [5.41, 5.74) is 18.0. The maximum absolute atomic E-state index is 2.70. The molecular weight excluding hydrogens is 899 g/mol. The first-order valence-corrected chi connectivity index (χ1v) is 29.7. The molecule has 0 aromatic heterocycles. The maximum Gasteiger partial charge on any atom is -1.00 e. The third-order valence-electron chi connectivity index (χ3n) is 13.5. The van der Waals surface area contributed by atoms with E-state index in [0.717, 1.165) is 19.3 Å². The van der Waals surface area contributed by atoms with Gasteiger partial charge in [0.2, 0.25) is 0 Å². The van der Waals surface area contributed by atoms with Crippen molar-refractivity contribution in [1.82, 2.24) is 0 Å². The van der Waals surface area contributed by atoms with E-state index in [1.54, 1.807) is 35.9 Å². The molecule has 0 heterocycles. The van der Waals surface area contributed by atoms with Gasteiger partial charge < -0.3 is 24.8 Å². The molecule has 0 N–H and O–H groups in total. The zero-order valence-corrected chi connectivity index (χ0v) is 42.7. The fourth-order valence-corrected chi connectivity index (χ4v) is 24.6. The van der Waals surface area contributed by atoms with Crippen LogP contribution in [0.15, 0.2) is 163 Å². The molecule has 314 valence electrons. The summed E-state index contributed by atoms with van der Waals surface area (Å²) < 4.78 is 1.77. The van der Waals surface area contributed by atoms with Crippen LogP contribution < -0.4 is 38.5 Å². The van der Waals surface area contributed by atoms with Gasteiger partial charge in [-0.3, -0.25) is 0 Å². The van der Waals surface area contributed by atoms with Gasteiger partial charge in [0.1, 0.15) is 0 Å². The molecule has 0 bridgehead atoms. The van der Waals surface area contributed by atoms with Crippen LogP contribution in [0.4, 0.5) is 0 Å². The maximum atomic E-state index is 2.70. The number of rotatable bonds is 8. The monoisotopic (exact) mass is 952 g/mol. The Bertz CT molecular complexity index is 2910. The number of halogens is 2. The number of fused-ring (bicyclic) bond motifs is 6. The molecule has 0 saturated carbocycles. The molecule has 0 radical (unpaired) electrons. The van der Waals surface area contributed by atoms with Crippen molar-refractivity contribution in [3.8, 4) is 22.3 Å². The molecule has 0 saturated heterocycles. The molecule has 8 aromatic carbocycles. The standard InChI is InChI=1S/C47H45.C12H11Si.2ClH.Zr/c1-8-14-32-25-40-37(19-13-20-38(40)45-35-17-11-9-15-29(35)23-30-16-10-12-18-36(30)45)44(32)43-28-34(47(5,6)7)27-42-39-26-33(46(2,3)4)22-21-31(39)24-41(42)43;1-3-7-11(8-4-1)13-12-9-5-2-6-10-12;;;/h9-13,15-23,25-27,44H,8,14,24H2,1-7H3;1-10,13H;2*1H;/q;;;;+2/p-2. The van der Waals surface area contributed by atoms with Crippen LogP contribution in [-0.4, -0.2) is 5.92 Å². The Kier molecular flexibility index (Phi) is 12.9. The van der Waals surface area contributed by atoms with E-state index in [0.29, 0.717) is 0 Å². The molecule has 2 aliphatic carbocycles. The normalized spacial score (nSPS) is 14.1. The van der Waals surface area contributed by atoms with Crippen molar-refractivity contribution >= 4 is 47.2 Å². The smallest absolute Gasteiger partial charge is 1.00 e. The van der Waals surface area contributed by atoms with E-state index in [1.165, 1.54) is 66.1 Å². The Labute approximate surface area is 400 Å². The summed E-state index contributed by atoms with van der Waals surface area (Å²) >= 11 is -1.27. The molecule has 0 aliphatic heterocycles. The summed E-state index contributed by atoms with van der Waals surface area (Å²) in [7, 11) is 0. The molecule has 10 rings (SSSR count). The molecule has 8 aromatic rings. The summed E-state index contributed by atoms with van der Waals surface area (Å²) in [5, 5.41) is 8.45. The number of hydrogen-bond donors (Lipinski definition) is 0. The zero-order valence-electron chi connectivity index (χ0n) is 37.6. The van der Waals surface area contributed by atoms with Crippen LogP contribution in [0.3, 0.4) is 0 Å². The number of allylic oxidation sites excluding steroid dienone is 1. The Morgan fingerprint density at radius 3 is 1.78 bits per heavy atom. The van der Waals surface area contributed by atoms with Crippen LogP contribution in [0.25, 0.3) is 49.9 Å². The van der Waals surface area contributed by atoms with Gasteiger partial charge in [-0.25, -0.2) is 0 Å². The van der Waals surface area contributed by atoms with Crippen LogP contribution in [0.5, 0.6) is 0 Å². The van der Waals surface area contributed by atoms with E-state index in [9.17, 15) is 0 Å². The molecule has 0 spiro atoms. The van der Waals surface area contributed by atoms with Gasteiger partial charge in [-0.05, 0) is 0 Å². The first kappa shape index (κ1) is 45.3. The third kappa shape index (κ3) is 8.21. The van der Waals surface area contributed by atoms with Crippen molar-refractivity contribution in [2.45, 2.75) is 84.5 Å². The van der Waals surface area contributed by atoms with Crippen molar-refractivity contribution in [2.24, 2.45) is 0 Å². The minimum atomic E-state index is -1.57. The first-order chi connectivity index (χ1) is 29.5. The van der Waals surface area contributed by atoms with Crippen molar-refractivity contribution in [1.29, 1.82) is 0 Å². The van der Waals surface area contributed by atoms with Gasteiger partial charge in [-0.1, -0.05) is 0 Å². The second kappa shape index (κ2) is 17.9. The van der Waals surface area contributed by atoms with Gasteiger partial charge in [-0.2, -0.15) is 0 Å². The number of benzene rings is 8. The van der Waals surface area contributed by atoms with Crippen molar-refractivity contribution in [3.05, 3.63) is 202 Å². The quantitative estimate of drug-likeness (QED) is 0.110. The van der Waals surface area contributed by atoms with Crippen LogP contribution in [-0.2, 0) is 39.6 Å². The summed E-state index contributed by atoms with van der Waals surface area (Å²) in [6.45, 7) is 16.9. The predicted octanol–water partition coefficient (Wildman–Crippen LogP) is 7.41. The number of hydrogen-bond acceptors (Lipinski definition) is 0. The van der Waals surface area contributed by atoms with Crippen LogP contribution in [0.1, 0.15) is 106 Å². The topological polar surface area (TPSA) is 0 Å². The molecule has 0 fully saturated rings. The summed E-state index contributed by atoms with van der Waals surface area (Å²) in [6.07, 6.45) is 5.87. The SMILES string of the molecule is CCCC1=Cc2c(-c3c4ccccc4cc4ccccc34)cccc2C1c1c2c(cc(C(C)(C)C)[c]1[Zr+2][SiH](c1ccccc1)c1ccccc1)-c1cc(C(C)(C)C)ccc1C2.[Cl-].[Cl-]. The van der Waals surface area contributed by atoms with Crippen LogP contribution in [0.2, 0.25) is 0 Å². The molecule has 2 aliphatic rings. The minimum Gasteiger partial charge on any atom is -1.00 e. The van der Waals surface area contributed by atoms with Gasteiger partial charge >= 0.3 is 379 Å². The average Bonchev–Trinajstić information content (AvgIpc) is 3.82. The fraction of sp³-hybridized carbons (Fsp3) is 0.220. The van der Waals surface area contributed by atoms with Crippen LogP contribution in [0, 0.1) is 0 Å². The summed E-state index contributed by atoms with van der Waals surface area (Å²) in [5.74, 6) is -1.35. The fourth-order valence-electron chi connectivity index (χ4n) is 10.5. The van der Waals surface area contributed by atoms with Crippen molar-refractivity contribution in [3.63, 3.8) is 0 Å². The minimum absolute atomic E-state index is 0. The van der Waals surface area contributed by atoms with Crippen molar-refractivity contribution in [2.75, 3.05) is 0 Å². The second-order valence-electron chi connectivity index (χ2n) is 19.6. The van der Waals surface area contributed by atoms with E-state index in [2.05, 4.69) is 212 Å². The Morgan fingerprint density at radius 1 is 0.587 bits per heavy atom. The second-order valence-corrected chi connectivity index (χ2v) is 29.7. The summed E-state index contributed by atoms with van der Waals surface area (Å²) in [6, 6.07) is 61.2. The van der Waals surface area contributed by atoms with E-state index in [-0.39, 0.29) is 41.6 Å². The van der Waals surface area contributed by atoms with Gasteiger partial charge in [0.25, 0.3) is 0 Å². The van der Waals surface area contributed by atoms with E-state index < -0.39 is 28.3 Å². The Balaban J connectivity index is 0.00000272. The van der Waals surface area contributed by atoms with E-state index >= 15 is 0 Å². The zero-order chi connectivity index (χ0) is 42.0. The third-order valence-corrected chi connectivity index (χ3v) is 26.7.